The Kier molecular flexibility index (Phi) is 5.22. The number of aliphatic carboxylic acids is 1. The minimum atomic E-state index is -0.646. The topological polar surface area (TPSA) is 60.8 Å². The number of hydrogen-bond acceptors (Lipinski definition) is 3. The second-order valence-corrected chi connectivity index (χ2v) is 4.75. The Morgan fingerprint density at radius 3 is 2.62 bits per heavy atom. The maximum absolute atomic E-state index is 11.2. The van der Waals surface area contributed by atoms with Crippen LogP contribution in [0, 0.1) is 5.41 Å². The van der Waals surface area contributed by atoms with E-state index in [2.05, 4.69) is 4.90 Å². The van der Waals surface area contributed by atoms with Crippen molar-refractivity contribution in [2.45, 2.75) is 39.0 Å². The van der Waals surface area contributed by atoms with E-state index < -0.39 is 11.4 Å². The zero-order valence-electron chi connectivity index (χ0n) is 10.1. The van der Waals surface area contributed by atoms with Gasteiger partial charge in [-0.2, -0.15) is 0 Å². The van der Waals surface area contributed by atoms with Crippen LogP contribution >= 0.6 is 0 Å². The lowest BCUT2D eigenvalue weighted by Gasteiger charge is -2.23. The van der Waals surface area contributed by atoms with E-state index in [0.29, 0.717) is 6.54 Å². The molecule has 0 aromatic heterocycles. The summed E-state index contributed by atoms with van der Waals surface area (Å²) >= 11 is 0. The largest absolute Gasteiger partial charge is 0.481 e. The summed E-state index contributed by atoms with van der Waals surface area (Å²) in [5, 5.41) is 17.9. The molecule has 1 heterocycles. The third kappa shape index (κ3) is 3.19. The van der Waals surface area contributed by atoms with E-state index in [4.69, 9.17) is 5.11 Å². The smallest absolute Gasteiger partial charge is 0.310 e. The first kappa shape index (κ1) is 13.5. The molecule has 1 rings (SSSR count). The highest BCUT2D eigenvalue weighted by Gasteiger charge is 2.42. The predicted molar refractivity (Wildman–Crippen MR) is 62.4 cm³/mol. The van der Waals surface area contributed by atoms with Crippen LogP contribution in [0.25, 0.3) is 0 Å². The minimum absolute atomic E-state index is 0.258. The molecular formula is C12H23NO3. The van der Waals surface area contributed by atoms with Gasteiger partial charge in [0.05, 0.1) is 5.41 Å². The van der Waals surface area contributed by atoms with Crippen LogP contribution in [0.15, 0.2) is 0 Å². The Morgan fingerprint density at radius 1 is 1.38 bits per heavy atom. The molecule has 1 aliphatic heterocycles. The molecule has 4 heteroatoms. The van der Waals surface area contributed by atoms with Gasteiger partial charge < -0.3 is 15.1 Å². The third-order valence-electron chi connectivity index (χ3n) is 3.70. The van der Waals surface area contributed by atoms with Crippen molar-refractivity contribution in [2.75, 3.05) is 26.2 Å². The lowest BCUT2D eigenvalue weighted by Crippen LogP contribution is -2.34. The molecule has 1 atom stereocenters. The van der Waals surface area contributed by atoms with Gasteiger partial charge in [-0.15, -0.1) is 0 Å². The van der Waals surface area contributed by atoms with E-state index in [-0.39, 0.29) is 6.61 Å². The highest BCUT2D eigenvalue weighted by Crippen LogP contribution is 2.34. The first-order valence-electron chi connectivity index (χ1n) is 6.21. The number of carboxylic acid groups (broad SMARTS) is 1. The van der Waals surface area contributed by atoms with Crippen LogP contribution in [0.4, 0.5) is 0 Å². The van der Waals surface area contributed by atoms with Crippen LogP contribution in [-0.2, 0) is 4.79 Å². The second kappa shape index (κ2) is 6.21. The standard InChI is InChI=1S/C12H23NO3/c1-2-12(11(15)16)6-8-13(10-12)7-4-3-5-9-14/h14H,2-10H2,1H3,(H,15,16). The van der Waals surface area contributed by atoms with Crippen LogP contribution in [0.1, 0.15) is 39.0 Å². The summed E-state index contributed by atoms with van der Waals surface area (Å²) in [5.74, 6) is -0.646. The fourth-order valence-electron chi connectivity index (χ4n) is 2.39. The van der Waals surface area contributed by atoms with Gasteiger partial charge in [0, 0.05) is 13.2 Å². The van der Waals surface area contributed by atoms with Crippen molar-refractivity contribution in [1.82, 2.24) is 4.90 Å². The fraction of sp³-hybridized carbons (Fsp3) is 0.917. The molecule has 0 radical (unpaired) electrons. The van der Waals surface area contributed by atoms with Crippen LogP contribution in [0.5, 0.6) is 0 Å². The molecule has 1 saturated heterocycles. The summed E-state index contributed by atoms with van der Waals surface area (Å²) in [6.45, 7) is 4.78. The number of rotatable bonds is 7. The van der Waals surface area contributed by atoms with E-state index in [9.17, 15) is 9.90 Å². The first-order chi connectivity index (χ1) is 7.64. The maximum atomic E-state index is 11.2. The van der Waals surface area contributed by atoms with Crippen molar-refractivity contribution < 1.29 is 15.0 Å². The fourth-order valence-corrected chi connectivity index (χ4v) is 2.39. The van der Waals surface area contributed by atoms with Crippen molar-refractivity contribution in [3.8, 4) is 0 Å². The minimum Gasteiger partial charge on any atom is -0.481 e. The van der Waals surface area contributed by atoms with Gasteiger partial charge in [-0.1, -0.05) is 6.92 Å². The molecule has 1 unspecified atom stereocenters. The van der Waals surface area contributed by atoms with Crippen LogP contribution < -0.4 is 0 Å². The van der Waals surface area contributed by atoms with Gasteiger partial charge in [-0.3, -0.25) is 4.79 Å². The molecule has 2 N–H and O–H groups in total. The van der Waals surface area contributed by atoms with E-state index in [0.717, 1.165) is 45.2 Å². The zero-order valence-corrected chi connectivity index (χ0v) is 10.1. The van der Waals surface area contributed by atoms with Crippen molar-refractivity contribution in [2.24, 2.45) is 5.41 Å². The quantitative estimate of drug-likeness (QED) is 0.647. The van der Waals surface area contributed by atoms with E-state index in [1.54, 1.807) is 0 Å². The monoisotopic (exact) mass is 229 g/mol. The van der Waals surface area contributed by atoms with Gasteiger partial charge in [0.15, 0.2) is 0 Å². The lowest BCUT2D eigenvalue weighted by atomic mass is 9.84. The predicted octanol–water partition coefficient (Wildman–Crippen LogP) is 1.34. The van der Waals surface area contributed by atoms with E-state index in [1.807, 2.05) is 6.92 Å². The Hall–Kier alpha value is -0.610. The molecule has 1 aliphatic rings. The summed E-state index contributed by atoms with van der Waals surface area (Å²) in [6, 6.07) is 0. The normalized spacial score (nSPS) is 26.1. The second-order valence-electron chi connectivity index (χ2n) is 4.75. The van der Waals surface area contributed by atoms with Crippen LogP contribution in [0.3, 0.4) is 0 Å². The SMILES string of the molecule is CCC1(C(=O)O)CCN(CCCCCO)C1. The molecule has 0 saturated carbocycles. The third-order valence-corrected chi connectivity index (χ3v) is 3.70. The molecule has 16 heavy (non-hydrogen) atoms. The van der Waals surface area contributed by atoms with E-state index in [1.165, 1.54) is 0 Å². The van der Waals surface area contributed by atoms with Gasteiger partial charge in [0.1, 0.15) is 0 Å². The van der Waals surface area contributed by atoms with E-state index >= 15 is 0 Å². The van der Waals surface area contributed by atoms with Crippen molar-refractivity contribution in [3.05, 3.63) is 0 Å². The van der Waals surface area contributed by atoms with Crippen molar-refractivity contribution in [3.63, 3.8) is 0 Å². The van der Waals surface area contributed by atoms with Gasteiger partial charge in [-0.25, -0.2) is 0 Å². The number of likely N-dealkylation sites (tertiary alicyclic amines) is 1. The lowest BCUT2D eigenvalue weighted by molar-refractivity contribution is -0.148. The van der Waals surface area contributed by atoms with Crippen LogP contribution in [0.2, 0.25) is 0 Å². The number of aliphatic hydroxyl groups is 1. The molecule has 1 fully saturated rings. The highest BCUT2D eigenvalue weighted by atomic mass is 16.4. The van der Waals surface area contributed by atoms with Crippen molar-refractivity contribution >= 4 is 5.97 Å². The Bertz CT molecular complexity index is 232. The number of carboxylic acids is 1. The molecule has 0 aromatic carbocycles. The van der Waals surface area contributed by atoms with Gasteiger partial charge in [-0.05, 0) is 45.2 Å². The van der Waals surface area contributed by atoms with Gasteiger partial charge >= 0.3 is 5.97 Å². The highest BCUT2D eigenvalue weighted by molar-refractivity contribution is 5.75. The van der Waals surface area contributed by atoms with Crippen LogP contribution in [-0.4, -0.2) is 47.3 Å². The molecule has 4 nitrogen and oxygen atoms in total. The van der Waals surface area contributed by atoms with Gasteiger partial charge in [0.25, 0.3) is 0 Å². The molecule has 0 aromatic rings. The molecular weight excluding hydrogens is 206 g/mol. The average molecular weight is 229 g/mol. The Labute approximate surface area is 97.3 Å². The molecule has 0 amide bonds. The summed E-state index contributed by atoms with van der Waals surface area (Å²) in [6.07, 6.45) is 4.43. The number of nitrogens with zero attached hydrogens (tertiary/aromatic N) is 1. The number of unbranched alkanes of at least 4 members (excludes halogenated alkanes) is 2. The number of carbonyl (C=O) groups is 1. The maximum Gasteiger partial charge on any atom is 0.310 e. The zero-order chi connectivity index (χ0) is 12.0. The number of hydrogen-bond donors (Lipinski definition) is 2. The Balaban J connectivity index is 2.31. The van der Waals surface area contributed by atoms with Gasteiger partial charge in [0.2, 0.25) is 0 Å². The number of aliphatic hydroxyl groups excluding tert-OH is 1. The molecule has 0 aliphatic carbocycles. The Morgan fingerprint density at radius 2 is 2.12 bits per heavy atom. The molecule has 94 valence electrons. The summed E-state index contributed by atoms with van der Waals surface area (Å²) < 4.78 is 0. The average Bonchev–Trinajstić information content (AvgIpc) is 2.69. The molecule has 0 bridgehead atoms. The summed E-state index contributed by atoms with van der Waals surface area (Å²) in [5.41, 5.74) is -0.503. The van der Waals surface area contributed by atoms with Crippen molar-refractivity contribution in [1.29, 1.82) is 0 Å². The summed E-state index contributed by atoms with van der Waals surface area (Å²) in [7, 11) is 0. The first-order valence-corrected chi connectivity index (χ1v) is 6.21. The molecule has 0 spiro atoms. The summed E-state index contributed by atoms with van der Waals surface area (Å²) in [4.78, 5) is 13.5.